The highest BCUT2D eigenvalue weighted by Gasteiger charge is 2.34. The van der Waals surface area contributed by atoms with Crippen molar-refractivity contribution in [2.45, 2.75) is 32.7 Å². The Morgan fingerprint density at radius 1 is 1.20 bits per heavy atom. The Morgan fingerprint density at radius 3 is 2.65 bits per heavy atom. The van der Waals surface area contributed by atoms with Crippen molar-refractivity contribution < 1.29 is 23.4 Å². The molecular formula is C28H29Br2N3O6S. The second kappa shape index (κ2) is 12.5. The molecule has 0 amide bonds. The van der Waals surface area contributed by atoms with Crippen LogP contribution in [0.2, 0.25) is 0 Å². The van der Waals surface area contributed by atoms with E-state index in [-0.39, 0.29) is 12.2 Å². The first-order chi connectivity index (χ1) is 19.4. The predicted octanol–water partition coefficient (Wildman–Crippen LogP) is 4.54. The Balaban J connectivity index is 1.67. The molecule has 2 aliphatic heterocycles. The number of fused-ring (bicyclic) bond motifs is 1. The van der Waals surface area contributed by atoms with Gasteiger partial charge in [0.25, 0.3) is 5.56 Å². The van der Waals surface area contributed by atoms with Crippen molar-refractivity contribution in [3.8, 4) is 5.75 Å². The SMILES string of the molecule is CCCC1=C(C(=O)OCC)[C@@H](c2ccc(OC)c(Br)c2)n2c(s/c(=C/c3cc(Br)c(N4CCOCC4)o3)c2=O)=N1. The number of esters is 1. The lowest BCUT2D eigenvalue weighted by Crippen LogP contribution is -2.40. The van der Waals surface area contributed by atoms with E-state index in [1.165, 1.54) is 11.3 Å². The predicted molar refractivity (Wildman–Crippen MR) is 160 cm³/mol. The maximum atomic E-state index is 14.0. The Morgan fingerprint density at radius 2 is 1.98 bits per heavy atom. The zero-order valence-corrected chi connectivity index (χ0v) is 26.4. The number of hydrogen-bond acceptors (Lipinski definition) is 9. The largest absolute Gasteiger partial charge is 0.496 e. The van der Waals surface area contributed by atoms with E-state index in [0.29, 0.717) is 62.1 Å². The van der Waals surface area contributed by atoms with Crippen molar-refractivity contribution in [1.29, 1.82) is 0 Å². The number of morpholine rings is 1. The average Bonchev–Trinajstić information content (AvgIpc) is 3.47. The van der Waals surface area contributed by atoms with E-state index in [2.05, 4.69) is 36.8 Å². The van der Waals surface area contributed by atoms with Gasteiger partial charge in [0.05, 0.1) is 57.7 Å². The number of allylic oxidation sites excluding steroid dienone is 1. The number of halogens is 2. The Bertz CT molecular complexity index is 1630. The zero-order chi connectivity index (χ0) is 28.4. The number of furan rings is 1. The molecule has 2 aromatic heterocycles. The molecule has 1 fully saturated rings. The van der Waals surface area contributed by atoms with Gasteiger partial charge in [0.1, 0.15) is 11.5 Å². The Labute approximate surface area is 252 Å². The van der Waals surface area contributed by atoms with Gasteiger partial charge in [-0.1, -0.05) is 30.7 Å². The number of anilines is 1. The fraction of sp³-hybridized carbons (Fsp3) is 0.393. The second-order valence-electron chi connectivity index (χ2n) is 9.21. The van der Waals surface area contributed by atoms with Crippen LogP contribution < -0.4 is 24.5 Å². The smallest absolute Gasteiger partial charge is 0.338 e. The molecule has 12 heteroatoms. The highest BCUT2D eigenvalue weighted by atomic mass is 79.9. The van der Waals surface area contributed by atoms with Gasteiger partial charge in [-0.15, -0.1) is 0 Å². The van der Waals surface area contributed by atoms with Gasteiger partial charge in [-0.05, 0) is 62.9 Å². The Kier molecular flexibility index (Phi) is 8.98. The lowest BCUT2D eigenvalue weighted by atomic mass is 9.94. The molecule has 3 aromatic rings. The molecule has 0 N–H and O–H groups in total. The first-order valence-corrected chi connectivity index (χ1v) is 15.4. The van der Waals surface area contributed by atoms with Crippen LogP contribution in [0, 0.1) is 0 Å². The molecule has 4 heterocycles. The number of ether oxygens (including phenoxy) is 3. The van der Waals surface area contributed by atoms with Crippen molar-refractivity contribution in [2.24, 2.45) is 4.99 Å². The molecule has 1 aromatic carbocycles. The summed E-state index contributed by atoms with van der Waals surface area (Å²) in [7, 11) is 1.59. The van der Waals surface area contributed by atoms with Crippen molar-refractivity contribution in [3.05, 3.63) is 75.5 Å². The number of rotatable bonds is 8. The highest BCUT2D eigenvalue weighted by Crippen LogP contribution is 2.36. The molecule has 0 aliphatic carbocycles. The van der Waals surface area contributed by atoms with E-state index >= 15 is 0 Å². The maximum Gasteiger partial charge on any atom is 0.338 e. The maximum absolute atomic E-state index is 14.0. The quantitative estimate of drug-likeness (QED) is 0.320. The first kappa shape index (κ1) is 28.8. The molecule has 0 radical (unpaired) electrons. The van der Waals surface area contributed by atoms with Crippen molar-refractivity contribution in [1.82, 2.24) is 4.57 Å². The highest BCUT2D eigenvalue weighted by molar-refractivity contribution is 9.11. The van der Waals surface area contributed by atoms with E-state index in [1.807, 2.05) is 31.2 Å². The Hall–Kier alpha value is -2.67. The van der Waals surface area contributed by atoms with E-state index in [0.717, 1.165) is 29.5 Å². The monoisotopic (exact) mass is 693 g/mol. The summed E-state index contributed by atoms with van der Waals surface area (Å²) in [6.07, 6.45) is 3.08. The van der Waals surface area contributed by atoms with E-state index in [1.54, 1.807) is 24.7 Å². The molecule has 0 saturated carbocycles. The number of thiazole rings is 1. The molecule has 0 unspecified atom stereocenters. The summed E-state index contributed by atoms with van der Waals surface area (Å²) in [5.41, 5.74) is 1.47. The van der Waals surface area contributed by atoms with E-state index in [4.69, 9.17) is 23.6 Å². The van der Waals surface area contributed by atoms with Gasteiger partial charge in [0.15, 0.2) is 4.80 Å². The topological polar surface area (TPSA) is 95.5 Å². The number of hydrogen-bond donors (Lipinski definition) is 0. The number of nitrogens with zero attached hydrogens (tertiary/aromatic N) is 3. The van der Waals surface area contributed by atoms with E-state index in [9.17, 15) is 9.59 Å². The van der Waals surface area contributed by atoms with Gasteiger partial charge in [-0.25, -0.2) is 9.79 Å². The standard InChI is InChI=1S/C28H29Br2N3O6S/c1-4-6-20-23(27(35)38-5-2)24(16-7-8-21(36-3)18(29)13-16)33-25(34)22(40-28(33)31-20)15-17-14-19(30)26(39-17)32-9-11-37-12-10-32/h7-8,13-15,24H,4-6,9-12H2,1-3H3/b22-15+/t24-/m1/s1. The van der Waals surface area contributed by atoms with Crippen LogP contribution in [0.25, 0.3) is 6.08 Å². The van der Waals surface area contributed by atoms with Crippen LogP contribution >= 0.6 is 43.2 Å². The normalized spacial score (nSPS) is 17.6. The van der Waals surface area contributed by atoms with Crippen molar-refractivity contribution >= 4 is 61.1 Å². The fourth-order valence-electron chi connectivity index (χ4n) is 4.85. The zero-order valence-electron chi connectivity index (χ0n) is 22.4. The molecule has 212 valence electrons. The second-order valence-corrected chi connectivity index (χ2v) is 11.9. The molecule has 9 nitrogen and oxygen atoms in total. The van der Waals surface area contributed by atoms with Crippen LogP contribution in [0.1, 0.15) is 44.1 Å². The first-order valence-electron chi connectivity index (χ1n) is 13.0. The molecule has 2 aliphatic rings. The van der Waals surface area contributed by atoms with Gasteiger partial charge < -0.3 is 23.5 Å². The summed E-state index contributed by atoms with van der Waals surface area (Å²) in [6.45, 7) is 6.71. The molecule has 5 rings (SSSR count). The summed E-state index contributed by atoms with van der Waals surface area (Å²) in [4.78, 5) is 34.8. The number of carbonyl (C=O) groups is 1. The van der Waals surface area contributed by atoms with Crippen LogP contribution in [0.5, 0.6) is 5.75 Å². The summed E-state index contributed by atoms with van der Waals surface area (Å²) < 4.78 is 26.0. The van der Waals surface area contributed by atoms with Crippen LogP contribution in [-0.2, 0) is 14.3 Å². The number of methoxy groups -OCH3 is 1. The summed E-state index contributed by atoms with van der Waals surface area (Å²) in [5, 5.41) is 0. The van der Waals surface area contributed by atoms with Gasteiger partial charge in [-0.2, -0.15) is 0 Å². The lowest BCUT2D eigenvalue weighted by molar-refractivity contribution is -0.139. The summed E-state index contributed by atoms with van der Waals surface area (Å²) in [6, 6.07) is 6.68. The minimum Gasteiger partial charge on any atom is -0.496 e. The third-order valence-electron chi connectivity index (χ3n) is 6.64. The summed E-state index contributed by atoms with van der Waals surface area (Å²) in [5.74, 6) is 1.41. The minimum atomic E-state index is -0.714. The fourth-order valence-corrected chi connectivity index (χ4v) is 6.96. The van der Waals surface area contributed by atoms with Gasteiger partial charge >= 0.3 is 5.97 Å². The van der Waals surface area contributed by atoms with E-state index < -0.39 is 12.0 Å². The minimum absolute atomic E-state index is 0.212. The van der Waals surface area contributed by atoms with Gasteiger partial charge in [0.2, 0.25) is 5.88 Å². The molecular weight excluding hydrogens is 666 g/mol. The van der Waals surface area contributed by atoms with Crippen LogP contribution in [-0.4, -0.2) is 50.6 Å². The number of aromatic nitrogens is 1. The number of benzene rings is 1. The lowest BCUT2D eigenvalue weighted by Gasteiger charge is -2.26. The molecule has 1 atom stereocenters. The third kappa shape index (κ3) is 5.59. The molecule has 0 spiro atoms. The van der Waals surface area contributed by atoms with Crippen LogP contribution in [0.4, 0.5) is 5.88 Å². The summed E-state index contributed by atoms with van der Waals surface area (Å²) >= 11 is 8.42. The molecule has 1 saturated heterocycles. The average molecular weight is 695 g/mol. The number of carbonyl (C=O) groups excluding carboxylic acids is 1. The van der Waals surface area contributed by atoms with Gasteiger partial charge in [0, 0.05) is 25.2 Å². The molecule has 40 heavy (non-hydrogen) atoms. The van der Waals surface area contributed by atoms with Crippen molar-refractivity contribution in [2.75, 3.05) is 44.9 Å². The van der Waals surface area contributed by atoms with Crippen molar-refractivity contribution in [3.63, 3.8) is 0 Å². The van der Waals surface area contributed by atoms with Crippen LogP contribution in [0.15, 0.2) is 58.7 Å². The molecule has 0 bridgehead atoms. The third-order valence-corrected chi connectivity index (χ3v) is 8.81. The van der Waals surface area contributed by atoms with Gasteiger partial charge in [-0.3, -0.25) is 9.36 Å². The van der Waals surface area contributed by atoms with Crippen LogP contribution in [0.3, 0.4) is 0 Å².